The van der Waals surface area contributed by atoms with Crippen LogP contribution in [0.3, 0.4) is 0 Å². The van der Waals surface area contributed by atoms with Crippen LogP contribution in [-0.4, -0.2) is 19.7 Å². The monoisotopic (exact) mass is 417 g/mol. The summed E-state index contributed by atoms with van der Waals surface area (Å²) in [6.07, 6.45) is 5.41. The molecule has 28 heavy (non-hydrogen) atoms. The van der Waals surface area contributed by atoms with Gasteiger partial charge in [0.2, 0.25) is 0 Å². The maximum atomic E-state index is 13.4. The summed E-state index contributed by atoms with van der Waals surface area (Å²) in [7, 11) is 0. The second-order valence-corrected chi connectivity index (χ2v) is 5.91. The summed E-state index contributed by atoms with van der Waals surface area (Å²) in [4.78, 5) is 8.93. The Kier molecular flexibility index (Phi) is 7.09. The third-order valence-electron chi connectivity index (χ3n) is 3.86. The minimum Gasteiger partial charge on any atom is -0.325 e. The van der Waals surface area contributed by atoms with E-state index in [1.54, 1.807) is 23.1 Å². The van der Waals surface area contributed by atoms with Gasteiger partial charge in [-0.2, -0.15) is 5.10 Å². The molecule has 5 nitrogen and oxygen atoms in total. The van der Waals surface area contributed by atoms with E-state index < -0.39 is 0 Å². The fraction of sp³-hybridized carbons (Fsp3) is 0.0500. The van der Waals surface area contributed by atoms with Crippen LogP contribution in [0.1, 0.15) is 5.56 Å². The minimum atomic E-state index is -0.264. The molecule has 0 amide bonds. The lowest BCUT2D eigenvalue weighted by atomic mass is 10.1. The van der Waals surface area contributed by atoms with Gasteiger partial charge in [-0.15, -0.1) is 24.8 Å². The molecule has 1 N–H and O–H groups in total. The standard InChI is InChI=1S/C20H16FN5.2ClH/c1-14-11-23-26(13-14)20-7-3-6-19(25-20)24-18-9-8-16(12-22-18)15-4-2-5-17(21)10-15;;/h2-13H,1H3,(H,22,24,25);2*1H. The molecule has 0 saturated heterocycles. The normalized spacial score (nSPS) is 9.93. The van der Waals surface area contributed by atoms with Crippen LogP contribution in [0.2, 0.25) is 0 Å². The Bertz CT molecular complexity index is 1050. The van der Waals surface area contributed by atoms with Crippen LogP contribution in [0, 0.1) is 12.7 Å². The van der Waals surface area contributed by atoms with Crippen LogP contribution in [0.25, 0.3) is 16.9 Å². The average molecular weight is 418 g/mol. The summed E-state index contributed by atoms with van der Waals surface area (Å²) < 4.78 is 15.1. The number of hydrogen-bond donors (Lipinski definition) is 1. The molecular formula is C20H18Cl2FN5. The zero-order valence-corrected chi connectivity index (χ0v) is 16.5. The minimum absolute atomic E-state index is 0. The first-order valence-corrected chi connectivity index (χ1v) is 8.15. The number of nitrogens with zero attached hydrogens (tertiary/aromatic N) is 4. The molecule has 0 aliphatic rings. The molecule has 0 bridgehead atoms. The molecule has 3 heterocycles. The third-order valence-corrected chi connectivity index (χ3v) is 3.86. The molecule has 0 radical (unpaired) electrons. The van der Waals surface area contributed by atoms with Crippen molar-refractivity contribution in [2.24, 2.45) is 0 Å². The van der Waals surface area contributed by atoms with Crippen molar-refractivity contribution < 1.29 is 4.39 Å². The van der Waals surface area contributed by atoms with Crippen molar-refractivity contribution in [3.05, 3.63) is 84.6 Å². The van der Waals surface area contributed by atoms with Crippen molar-refractivity contribution in [3.63, 3.8) is 0 Å². The summed E-state index contributed by atoms with van der Waals surface area (Å²) in [6, 6.07) is 15.8. The topological polar surface area (TPSA) is 55.6 Å². The van der Waals surface area contributed by atoms with Crippen LogP contribution >= 0.6 is 24.8 Å². The molecule has 1 aromatic carbocycles. The lowest BCUT2D eigenvalue weighted by Crippen LogP contribution is -2.01. The maximum absolute atomic E-state index is 13.4. The molecule has 0 atom stereocenters. The Balaban J connectivity index is 0.00000140. The van der Waals surface area contributed by atoms with E-state index in [1.807, 2.05) is 49.5 Å². The van der Waals surface area contributed by atoms with Crippen LogP contribution in [-0.2, 0) is 0 Å². The second kappa shape index (κ2) is 9.30. The Hall–Kier alpha value is -2.96. The lowest BCUT2D eigenvalue weighted by Gasteiger charge is -2.08. The van der Waals surface area contributed by atoms with Gasteiger partial charge >= 0.3 is 0 Å². The van der Waals surface area contributed by atoms with Gasteiger partial charge in [0, 0.05) is 18.0 Å². The number of pyridine rings is 2. The molecule has 0 aliphatic heterocycles. The van der Waals surface area contributed by atoms with E-state index >= 15 is 0 Å². The van der Waals surface area contributed by atoms with E-state index in [2.05, 4.69) is 20.4 Å². The number of nitrogens with one attached hydrogen (secondary N) is 1. The molecule has 0 aliphatic carbocycles. The highest BCUT2D eigenvalue weighted by atomic mass is 35.5. The first kappa shape index (κ1) is 21.3. The van der Waals surface area contributed by atoms with Crippen LogP contribution < -0.4 is 5.32 Å². The number of anilines is 2. The first-order valence-electron chi connectivity index (χ1n) is 8.15. The van der Waals surface area contributed by atoms with Gasteiger partial charge in [0.1, 0.15) is 17.5 Å². The Morgan fingerprint density at radius 1 is 0.893 bits per heavy atom. The van der Waals surface area contributed by atoms with Crippen molar-refractivity contribution in [3.8, 4) is 16.9 Å². The van der Waals surface area contributed by atoms with E-state index in [0.29, 0.717) is 11.6 Å². The third kappa shape index (κ3) is 4.85. The zero-order valence-electron chi connectivity index (χ0n) is 14.9. The van der Waals surface area contributed by atoms with Gasteiger partial charge in [-0.3, -0.25) is 0 Å². The molecule has 3 aromatic heterocycles. The fourth-order valence-electron chi connectivity index (χ4n) is 2.60. The van der Waals surface area contributed by atoms with E-state index in [9.17, 15) is 4.39 Å². The van der Waals surface area contributed by atoms with Crippen molar-refractivity contribution >= 4 is 36.4 Å². The van der Waals surface area contributed by atoms with Crippen molar-refractivity contribution in [1.29, 1.82) is 0 Å². The lowest BCUT2D eigenvalue weighted by molar-refractivity contribution is 0.628. The van der Waals surface area contributed by atoms with Crippen molar-refractivity contribution in [2.45, 2.75) is 6.92 Å². The molecule has 0 fully saturated rings. The van der Waals surface area contributed by atoms with Gasteiger partial charge in [-0.05, 0) is 54.4 Å². The summed E-state index contributed by atoms with van der Waals surface area (Å²) in [5.74, 6) is 1.78. The second-order valence-electron chi connectivity index (χ2n) is 5.91. The summed E-state index contributed by atoms with van der Waals surface area (Å²) in [5.41, 5.74) is 2.71. The van der Waals surface area contributed by atoms with Crippen LogP contribution in [0.4, 0.5) is 16.0 Å². The molecule has 0 saturated carbocycles. The van der Waals surface area contributed by atoms with Gasteiger partial charge in [0.25, 0.3) is 0 Å². The molecule has 8 heteroatoms. The van der Waals surface area contributed by atoms with Crippen molar-refractivity contribution in [1.82, 2.24) is 19.7 Å². The predicted molar refractivity (Wildman–Crippen MR) is 114 cm³/mol. The van der Waals surface area contributed by atoms with Crippen LogP contribution in [0.15, 0.2) is 73.2 Å². The highest BCUT2D eigenvalue weighted by molar-refractivity contribution is 5.85. The first-order chi connectivity index (χ1) is 12.7. The summed E-state index contributed by atoms with van der Waals surface area (Å²) in [6.45, 7) is 1.98. The Morgan fingerprint density at radius 3 is 2.39 bits per heavy atom. The number of aromatic nitrogens is 4. The number of hydrogen-bond acceptors (Lipinski definition) is 4. The molecule has 4 rings (SSSR count). The van der Waals surface area contributed by atoms with Crippen molar-refractivity contribution in [2.75, 3.05) is 5.32 Å². The van der Waals surface area contributed by atoms with E-state index in [0.717, 1.165) is 22.5 Å². The fourth-order valence-corrected chi connectivity index (χ4v) is 2.60. The molecule has 0 spiro atoms. The van der Waals surface area contributed by atoms with Gasteiger partial charge in [0.05, 0.1) is 6.20 Å². The number of rotatable bonds is 4. The number of halogens is 3. The average Bonchev–Trinajstić information content (AvgIpc) is 3.09. The molecule has 0 unspecified atom stereocenters. The van der Waals surface area contributed by atoms with Gasteiger partial charge < -0.3 is 5.32 Å². The van der Waals surface area contributed by atoms with Gasteiger partial charge in [-0.1, -0.05) is 18.2 Å². The van der Waals surface area contributed by atoms with E-state index in [-0.39, 0.29) is 30.6 Å². The van der Waals surface area contributed by atoms with Gasteiger partial charge in [-0.25, -0.2) is 19.0 Å². The highest BCUT2D eigenvalue weighted by Crippen LogP contribution is 2.21. The molecule has 4 aromatic rings. The van der Waals surface area contributed by atoms with E-state index in [1.165, 1.54) is 12.1 Å². The number of aryl methyl sites for hydroxylation is 1. The molecular weight excluding hydrogens is 400 g/mol. The maximum Gasteiger partial charge on any atom is 0.155 e. The number of benzene rings is 1. The summed E-state index contributed by atoms with van der Waals surface area (Å²) in [5, 5.41) is 7.44. The van der Waals surface area contributed by atoms with E-state index in [4.69, 9.17) is 0 Å². The Labute approximate surface area is 174 Å². The quantitative estimate of drug-likeness (QED) is 0.485. The SMILES string of the molecule is Cc1cnn(-c2cccc(Nc3ccc(-c4cccc(F)c4)cn3)n2)c1.Cl.Cl. The van der Waals surface area contributed by atoms with Crippen LogP contribution in [0.5, 0.6) is 0 Å². The smallest absolute Gasteiger partial charge is 0.155 e. The summed E-state index contributed by atoms with van der Waals surface area (Å²) >= 11 is 0. The predicted octanol–water partition coefficient (Wildman–Crippen LogP) is 5.36. The molecule has 144 valence electrons. The Morgan fingerprint density at radius 2 is 1.71 bits per heavy atom. The highest BCUT2D eigenvalue weighted by Gasteiger charge is 2.04. The zero-order chi connectivity index (χ0) is 17.9. The van der Waals surface area contributed by atoms with Gasteiger partial charge in [0.15, 0.2) is 5.82 Å². The largest absolute Gasteiger partial charge is 0.325 e.